The minimum absolute atomic E-state index is 0.635. The maximum atomic E-state index is 5.25. The number of hydrogen-bond acceptors (Lipinski definition) is 2. The highest BCUT2D eigenvalue weighted by Gasteiger charge is 2.40. The van der Waals surface area contributed by atoms with Crippen LogP contribution in [-0.4, -0.2) is 36.7 Å². The van der Waals surface area contributed by atoms with Gasteiger partial charge in [0.25, 0.3) is 0 Å². The number of ether oxygens (including phenoxy) is 1. The van der Waals surface area contributed by atoms with Crippen LogP contribution < -0.4 is 4.74 Å². The van der Waals surface area contributed by atoms with Crippen LogP contribution in [0.15, 0.2) is 30.5 Å². The topological polar surface area (TPSA) is 17.4 Å². The summed E-state index contributed by atoms with van der Waals surface area (Å²) in [6.07, 6.45) is 3.45. The Morgan fingerprint density at radius 3 is 2.76 bits per heavy atom. The maximum Gasteiger partial charge on any atom is 0.119 e. The molecule has 0 bridgehead atoms. The van der Waals surface area contributed by atoms with Crippen LogP contribution in [0.25, 0.3) is 10.9 Å². The lowest BCUT2D eigenvalue weighted by molar-refractivity contribution is 0.377. The van der Waals surface area contributed by atoms with Crippen molar-refractivity contribution < 1.29 is 4.74 Å². The van der Waals surface area contributed by atoms with Gasteiger partial charge in [-0.3, -0.25) is 0 Å². The van der Waals surface area contributed by atoms with Gasteiger partial charge in [-0.2, -0.15) is 0 Å². The summed E-state index contributed by atoms with van der Waals surface area (Å²) in [6, 6.07) is 9.77. The molecule has 3 heteroatoms. The van der Waals surface area contributed by atoms with Gasteiger partial charge in [-0.15, -0.1) is 0 Å². The van der Waals surface area contributed by atoms with Crippen LogP contribution in [0.3, 0.4) is 0 Å². The summed E-state index contributed by atoms with van der Waals surface area (Å²) in [5.74, 6) is 0.926. The number of likely N-dealkylation sites (N-methyl/N-ethyl adjacent to an activating group) is 1. The Morgan fingerprint density at radius 1 is 1.29 bits per heavy atom. The molecule has 0 amide bonds. The van der Waals surface area contributed by atoms with Crippen molar-refractivity contribution in [3.05, 3.63) is 30.5 Å². The molecule has 2 atom stereocenters. The molecule has 2 aromatic rings. The van der Waals surface area contributed by atoms with Gasteiger partial charge in [-0.05, 0) is 44.8 Å². The molecule has 0 spiro atoms. The van der Waals surface area contributed by atoms with E-state index in [9.17, 15) is 0 Å². The van der Waals surface area contributed by atoms with Gasteiger partial charge < -0.3 is 14.2 Å². The lowest BCUT2D eigenvalue weighted by Gasteiger charge is -2.10. The van der Waals surface area contributed by atoms with Crippen molar-refractivity contribution in [2.45, 2.75) is 18.5 Å². The smallest absolute Gasteiger partial charge is 0.119 e. The Morgan fingerprint density at radius 2 is 2.12 bits per heavy atom. The SMILES string of the molecule is COc1ccc2c(ccn2C2CC2N(C)C)c1. The molecule has 17 heavy (non-hydrogen) atoms. The summed E-state index contributed by atoms with van der Waals surface area (Å²) in [4.78, 5) is 2.31. The molecule has 90 valence electrons. The number of fused-ring (bicyclic) bond motifs is 1. The van der Waals surface area contributed by atoms with Crippen molar-refractivity contribution in [2.75, 3.05) is 21.2 Å². The average molecular weight is 230 g/mol. The molecule has 1 aliphatic rings. The fourth-order valence-electron chi connectivity index (χ4n) is 2.58. The molecular weight excluding hydrogens is 212 g/mol. The molecule has 1 aliphatic carbocycles. The summed E-state index contributed by atoms with van der Waals surface area (Å²) in [5.41, 5.74) is 1.31. The summed E-state index contributed by atoms with van der Waals surface area (Å²) in [6.45, 7) is 0. The van der Waals surface area contributed by atoms with Crippen molar-refractivity contribution in [3.63, 3.8) is 0 Å². The van der Waals surface area contributed by atoms with Crippen LogP contribution in [0.5, 0.6) is 5.75 Å². The fraction of sp³-hybridized carbons (Fsp3) is 0.429. The van der Waals surface area contributed by atoms with Crippen LogP contribution in [0, 0.1) is 0 Å². The standard InChI is InChI=1S/C14H18N2O/c1-15(2)13-9-14(13)16-7-6-10-8-11(17-3)4-5-12(10)16/h4-8,13-14H,9H2,1-3H3. The largest absolute Gasteiger partial charge is 0.497 e. The van der Waals surface area contributed by atoms with Crippen LogP contribution in [0.4, 0.5) is 0 Å². The molecule has 0 aliphatic heterocycles. The summed E-state index contributed by atoms with van der Waals surface area (Å²) >= 11 is 0. The minimum atomic E-state index is 0.635. The van der Waals surface area contributed by atoms with Crippen LogP contribution in [0.1, 0.15) is 12.5 Å². The van der Waals surface area contributed by atoms with Gasteiger partial charge in [0.1, 0.15) is 5.75 Å². The molecule has 1 heterocycles. The van der Waals surface area contributed by atoms with E-state index in [0.717, 1.165) is 5.75 Å². The third-order valence-electron chi connectivity index (χ3n) is 3.67. The zero-order valence-electron chi connectivity index (χ0n) is 10.6. The first-order chi connectivity index (χ1) is 8.20. The molecule has 1 saturated carbocycles. The van der Waals surface area contributed by atoms with E-state index in [1.54, 1.807) is 7.11 Å². The second-order valence-electron chi connectivity index (χ2n) is 4.98. The van der Waals surface area contributed by atoms with Gasteiger partial charge in [-0.25, -0.2) is 0 Å². The molecule has 3 nitrogen and oxygen atoms in total. The van der Waals surface area contributed by atoms with E-state index in [2.05, 4.69) is 48.0 Å². The van der Waals surface area contributed by atoms with Gasteiger partial charge in [0.15, 0.2) is 0 Å². The van der Waals surface area contributed by atoms with Crippen molar-refractivity contribution in [1.82, 2.24) is 9.47 Å². The number of methoxy groups -OCH3 is 1. The van der Waals surface area contributed by atoms with E-state index in [4.69, 9.17) is 4.74 Å². The second kappa shape index (κ2) is 3.77. The van der Waals surface area contributed by atoms with Gasteiger partial charge in [0, 0.05) is 23.1 Å². The van der Waals surface area contributed by atoms with Crippen molar-refractivity contribution in [1.29, 1.82) is 0 Å². The number of benzene rings is 1. The number of hydrogen-bond donors (Lipinski definition) is 0. The van der Waals surface area contributed by atoms with E-state index >= 15 is 0 Å². The highest BCUT2D eigenvalue weighted by atomic mass is 16.5. The Kier molecular flexibility index (Phi) is 2.37. The molecule has 0 N–H and O–H groups in total. The molecule has 3 rings (SSSR count). The summed E-state index contributed by atoms with van der Waals surface area (Å²) < 4.78 is 7.64. The van der Waals surface area contributed by atoms with Crippen LogP contribution >= 0.6 is 0 Å². The zero-order valence-corrected chi connectivity index (χ0v) is 10.6. The lowest BCUT2D eigenvalue weighted by Crippen LogP contribution is -2.17. The van der Waals surface area contributed by atoms with E-state index in [0.29, 0.717) is 12.1 Å². The van der Waals surface area contributed by atoms with Crippen LogP contribution in [-0.2, 0) is 0 Å². The quantitative estimate of drug-likeness (QED) is 0.806. The zero-order chi connectivity index (χ0) is 12.0. The van der Waals surface area contributed by atoms with Crippen molar-refractivity contribution >= 4 is 10.9 Å². The average Bonchev–Trinajstić information content (AvgIpc) is 3.02. The Bertz CT molecular complexity index is 544. The molecule has 0 radical (unpaired) electrons. The first-order valence-electron chi connectivity index (χ1n) is 6.01. The minimum Gasteiger partial charge on any atom is -0.497 e. The third-order valence-corrected chi connectivity index (χ3v) is 3.67. The molecule has 1 aromatic heterocycles. The maximum absolute atomic E-state index is 5.25. The molecule has 1 aromatic carbocycles. The van der Waals surface area contributed by atoms with Crippen molar-refractivity contribution in [2.24, 2.45) is 0 Å². The first kappa shape index (κ1) is 10.7. The summed E-state index contributed by atoms with van der Waals surface area (Å²) in [5, 5.41) is 1.26. The number of nitrogens with zero attached hydrogens (tertiary/aromatic N) is 2. The Hall–Kier alpha value is -1.48. The highest BCUT2D eigenvalue weighted by molar-refractivity contribution is 5.82. The predicted molar refractivity (Wildman–Crippen MR) is 69.6 cm³/mol. The molecule has 1 fully saturated rings. The van der Waals surface area contributed by atoms with E-state index in [1.165, 1.54) is 17.3 Å². The highest BCUT2D eigenvalue weighted by Crippen LogP contribution is 2.41. The van der Waals surface area contributed by atoms with E-state index in [1.807, 2.05) is 6.07 Å². The number of aromatic nitrogens is 1. The van der Waals surface area contributed by atoms with Gasteiger partial charge in [-0.1, -0.05) is 0 Å². The van der Waals surface area contributed by atoms with Crippen LogP contribution in [0.2, 0.25) is 0 Å². The molecule has 0 saturated heterocycles. The third kappa shape index (κ3) is 1.71. The van der Waals surface area contributed by atoms with Crippen molar-refractivity contribution in [3.8, 4) is 5.75 Å². The van der Waals surface area contributed by atoms with Gasteiger partial charge in [0.05, 0.1) is 13.2 Å². The Balaban J connectivity index is 1.97. The molecular formula is C14H18N2O. The Labute approximate surface area is 102 Å². The predicted octanol–water partition coefficient (Wildman–Crippen LogP) is 2.52. The first-order valence-corrected chi connectivity index (χ1v) is 6.01. The van der Waals surface area contributed by atoms with E-state index < -0.39 is 0 Å². The second-order valence-corrected chi connectivity index (χ2v) is 4.98. The van der Waals surface area contributed by atoms with Gasteiger partial charge in [0.2, 0.25) is 0 Å². The van der Waals surface area contributed by atoms with E-state index in [-0.39, 0.29) is 0 Å². The lowest BCUT2D eigenvalue weighted by atomic mass is 10.2. The number of rotatable bonds is 3. The van der Waals surface area contributed by atoms with Gasteiger partial charge >= 0.3 is 0 Å². The summed E-state index contributed by atoms with van der Waals surface area (Å²) in [7, 11) is 6.01. The monoisotopic (exact) mass is 230 g/mol. The normalized spacial score (nSPS) is 23.3. The fourth-order valence-corrected chi connectivity index (χ4v) is 2.58. The molecule has 2 unspecified atom stereocenters.